The molecule has 0 aliphatic heterocycles. The second-order valence-corrected chi connectivity index (χ2v) is 2.54. The van der Waals surface area contributed by atoms with Gasteiger partial charge in [0, 0.05) is 6.20 Å². The van der Waals surface area contributed by atoms with Crippen LogP contribution in [-0.4, -0.2) is 21.2 Å². The number of aliphatic hydroxyl groups excluding tert-OH is 1. The second-order valence-electron chi connectivity index (χ2n) is 2.15. The molecule has 1 aromatic heterocycles. The van der Waals surface area contributed by atoms with Gasteiger partial charge in [0.25, 0.3) is 0 Å². The maximum Gasteiger partial charge on any atom is 0.337 e. The fourth-order valence-corrected chi connectivity index (χ4v) is 0.912. The van der Waals surface area contributed by atoms with E-state index in [4.69, 9.17) is 21.8 Å². The fourth-order valence-electron chi connectivity index (χ4n) is 0.730. The number of carbonyl (C=O) groups is 1. The van der Waals surface area contributed by atoms with Crippen molar-refractivity contribution >= 4 is 17.6 Å². The minimum atomic E-state index is -1.54. The van der Waals surface area contributed by atoms with Gasteiger partial charge in [-0.15, -0.1) is 0 Å². The molecule has 1 heterocycles. The summed E-state index contributed by atoms with van der Waals surface area (Å²) in [4.78, 5) is 13.9. The van der Waals surface area contributed by atoms with Crippen LogP contribution in [0.15, 0.2) is 18.3 Å². The molecule has 1 aromatic rings. The van der Waals surface area contributed by atoms with Gasteiger partial charge in [-0.25, -0.2) is 9.78 Å². The molecule has 0 fully saturated rings. The summed E-state index contributed by atoms with van der Waals surface area (Å²) in [5, 5.41) is 17.6. The summed E-state index contributed by atoms with van der Waals surface area (Å²) in [7, 11) is 0. The van der Waals surface area contributed by atoms with Crippen LogP contribution in [0.5, 0.6) is 0 Å². The van der Waals surface area contributed by atoms with Gasteiger partial charge in [0.15, 0.2) is 6.10 Å². The molecule has 4 nitrogen and oxygen atoms in total. The monoisotopic (exact) mass is 187 g/mol. The first-order valence-corrected chi connectivity index (χ1v) is 3.51. The number of hydrogen-bond acceptors (Lipinski definition) is 3. The molecule has 0 bridgehead atoms. The minimum absolute atomic E-state index is 0.160. The van der Waals surface area contributed by atoms with Crippen molar-refractivity contribution in [2.45, 2.75) is 6.10 Å². The van der Waals surface area contributed by atoms with Crippen molar-refractivity contribution in [3.05, 3.63) is 29.0 Å². The smallest absolute Gasteiger partial charge is 0.337 e. The van der Waals surface area contributed by atoms with Crippen LogP contribution < -0.4 is 0 Å². The zero-order chi connectivity index (χ0) is 9.14. The van der Waals surface area contributed by atoms with Crippen LogP contribution in [-0.2, 0) is 4.79 Å². The van der Waals surface area contributed by atoms with E-state index in [-0.39, 0.29) is 10.7 Å². The van der Waals surface area contributed by atoms with E-state index in [9.17, 15) is 4.79 Å². The quantitative estimate of drug-likeness (QED) is 0.674. The number of aliphatic hydroxyl groups is 1. The van der Waals surface area contributed by atoms with E-state index >= 15 is 0 Å². The Kier molecular flexibility index (Phi) is 2.62. The van der Waals surface area contributed by atoms with Gasteiger partial charge in [0.2, 0.25) is 0 Å². The standard InChI is InChI=1S/C7H6ClNO3/c8-5-3-4(1-2-9-5)6(10)7(11)12/h1-3,6,10H,(H,11,12). The third-order valence-electron chi connectivity index (χ3n) is 1.30. The molecule has 0 aromatic carbocycles. The summed E-state index contributed by atoms with van der Waals surface area (Å²) in [6.45, 7) is 0. The normalized spacial score (nSPS) is 12.5. The first-order chi connectivity index (χ1) is 5.61. The maximum absolute atomic E-state index is 10.3. The molecule has 0 saturated carbocycles. The summed E-state index contributed by atoms with van der Waals surface area (Å²) >= 11 is 5.48. The van der Waals surface area contributed by atoms with E-state index in [2.05, 4.69) is 4.98 Å². The summed E-state index contributed by atoms with van der Waals surface area (Å²) in [5.41, 5.74) is 0.225. The van der Waals surface area contributed by atoms with E-state index < -0.39 is 12.1 Å². The molecule has 5 heteroatoms. The van der Waals surface area contributed by atoms with Gasteiger partial charge in [-0.05, 0) is 17.7 Å². The van der Waals surface area contributed by atoms with E-state index in [0.29, 0.717) is 0 Å². The summed E-state index contributed by atoms with van der Waals surface area (Å²) in [6.07, 6.45) is -0.199. The molecule has 64 valence electrons. The number of carboxylic acids is 1. The molecular formula is C7H6ClNO3. The number of halogens is 1. The number of carboxylic acid groups (broad SMARTS) is 1. The molecule has 2 N–H and O–H groups in total. The van der Waals surface area contributed by atoms with Crippen molar-refractivity contribution < 1.29 is 15.0 Å². The lowest BCUT2D eigenvalue weighted by Crippen LogP contribution is -2.10. The van der Waals surface area contributed by atoms with Crippen LogP contribution in [0.25, 0.3) is 0 Å². The van der Waals surface area contributed by atoms with Crippen LogP contribution in [0, 0.1) is 0 Å². The van der Waals surface area contributed by atoms with Crippen molar-refractivity contribution in [2.24, 2.45) is 0 Å². The Hall–Kier alpha value is -1.13. The zero-order valence-electron chi connectivity index (χ0n) is 5.94. The molecule has 1 rings (SSSR count). The first kappa shape index (κ1) is 8.96. The van der Waals surface area contributed by atoms with Gasteiger partial charge in [0.05, 0.1) is 0 Å². The van der Waals surface area contributed by atoms with Crippen LogP contribution >= 0.6 is 11.6 Å². The summed E-state index contributed by atoms with van der Waals surface area (Å²) < 4.78 is 0. The first-order valence-electron chi connectivity index (χ1n) is 3.13. The molecule has 0 saturated heterocycles. The lowest BCUT2D eigenvalue weighted by atomic mass is 10.1. The van der Waals surface area contributed by atoms with Crippen LogP contribution in [0.3, 0.4) is 0 Å². The molecule has 0 aliphatic rings. The summed E-state index contributed by atoms with van der Waals surface area (Å²) in [5.74, 6) is -1.31. The molecule has 1 atom stereocenters. The molecule has 12 heavy (non-hydrogen) atoms. The van der Waals surface area contributed by atoms with E-state index in [1.165, 1.54) is 18.3 Å². The van der Waals surface area contributed by atoms with Gasteiger partial charge in [-0.3, -0.25) is 0 Å². The molecule has 0 aliphatic carbocycles. The number of aromatic nitrogens is 1. The zero-order valence-corrected chi connectivity index (χ0v) is 6.69. The predicted molar refractivity (Wildman–Crippen MR) is 41.8 cm³/mol. The van der Waals surface area contributed by atoms with Crippen LogP contribution in [0.2, 0.25) is 5.15 Å². The molecule has 0 radical (unpaired) electrons. The maximum atomic E-state index is 10.3. The van der Waals surface area contributed by atoms with Gasteiger partial charge >= 0.3 is 5.97 Å². The van der Waals surface area contributed by atoms with Gasteiger partial charge < -0.3 is 10.2 Å². The third kappa shape index (κ3) is 1.93. The highest BCUT2D eigenvalue weighted by Crippen LogP contribution is 2.15. The Morgan fingerprint density at radius 1 is 1.67 bits per heavy atom. The number of hydrogen-bond donors (Lipinski definition) is 2. The SMILES string of the molecule is O=C(O)C(O)c1ccnc(Cl)c1. The highest BCUT2D eigenvalue weighted by atomic mass is 35.5. The minimum Gasteiger partial charge on any atom is -0.479 e. The second kappa shape index (κ2) is 3.51. The third-order valence-corrected chi connectivity index (χ3v) is 1.51. The van der Waals surface area contributed by atoms with Crippen molar-refractivity contribution in [1.82, 2.24) is 4.98 Å². The fraction of sp³-hybridized carbons (Fsp3) is 0.143. The lowest BCUT2D eigenvalue weighted by Gasteiger charge is -2.04. The summed E-state index contributed by atoms with van der Waals surface area (Å²) in [6, 6.07) is 2.70. The lowest BCUT2D eigenvalue weighted by molar-refractivity contribution is -0.146. The van der Waals surface area contributed by atoms with Gasteiger partial charge in [-0.2, -0.15) is 0 Å². The average molecular weight is 188 g/mol. The largest absolute Gasteiger partial charge is 0.479 e. The van der Waals surface area contributed by atoms with Gasteiger partial charge in [-0.1, -0.05) is 11.6 Å². The molecule has 0 spiro atoms. The van der Waals surface area contributed by atoms with Crippen molar-refractivity contribution in [2.75, 3.05) is 0 Å². The van der Waals surface area contributed by atoms with E-state index in [1.54, 1.807) is 0 Å². The molecule has 1 unspecified atom stereocenters. The van der Waals surface area contributed by atoms with Crippen LogP contribution in [0.4, 0.5) is 0 Å². The molecular weight excluding hydrogens is 182 g/mol. The average Bonchev–Trinajstić information content (AvgIpc) is 2.03. The highest BCUT2D eigenvalue weighted by Gasteiger charge is 2.15. The van der Waals surface area contributed by atoms with E-state index in [1.807, 2.05) is 0 Å². The van der Waals surface area contributed by atoms with Gasteiger partial charge in [0.1, 0.15) is 5.15 Å². The Labute approximate surface area is 73.4 Å². The Morgan fingerprint density at radius 3 is 2.83 bits per heavy atom. The van der Waals surface area contributed by atoms with Crippen LogP contribution in [0.1, 0.15) is 11.7 Å². The Balaban J connectivity index is 2.95. The highest BCUT2D eigenvalue weighted by molar-refractivity contribution is 6.29. The Bertz CT molecular complexity index is 302. The number of aliphatic carboxylic acids is 1. The van der Waals surface area contributed by atoms with Crippen molar-refractivity contribution in [1.29, 1.82) is 0 Å². The van der Waals surface area contributed by atoms with Crippen molar-refractivity contribution in [3.63, 3.8) is 0 Å². The number of rotatable bonds is 2. The Morgan fingerprint density at radius 2 is 2.33 bits per heavy atom. The number of nitrogens with zero attached hydrogens (tertiary/aromatic N) is 1. The predicted octanol–water partition coefficient (Wildman–Crippen LogP) is 0.853. The van der Waals surface area contributed by atoms with Crippen molar-refractivity contribution in [3.8, 4) is 0 Å². The topological polar surface area (TPSA) is 70.4 Å². The number of pyridine rings is 1. The molecule has 0 amide bonds. The van der Waals surface area contributed by atoms with E-state index in [0.717, 1.165) is 0 Å².